The summed E-state index contributed by atoms with van der Waals surface area (Å²) in [6, 6.07) is 14.3. The van der Waals surface area contributed by atoms with E-state index in [0.29, 0.717) is 17.9 Å². The van der Waals surface area contributed by atoms with Crippen LogP contribution in [0.4, 0.5) is 0 Å². The van der Waals surface area contributed by atoms with Crippen LogP contribution < -0.4 is 4.57 Å². The fourth-order valence-electron chi connectivity index (χ4n) is 5.99. The van der Waals surface area contributed by atoms with Gasteiger partial charge in [0.25, 0.3) is 5.82 Å². The first kappa shape index (κ1) is 21.9. The highest BCUT2D eigenvalue weighted by atomic mass is 15.2. The van der Waals surface area contributed by atoms with Crippen LogP contribution in [0.1, 0.15) is 101 Å². The molecule has 31 heavy (non-hydrogen) atoms. The predicted molar refractivity (Wildman–Crippen MR) is 131 cm³/mol. The number of rotatable bonds is 5. The van der Waals surface area contributed by atoms with Crippen molar-refractivity contribution in [1.29, 1.82) is 0 Å². The highest BCUT2D eigenvalue weighted by Crippen LogP contribution is 2.48. The van der Waals surface area contributed by atoms with Crippen LogP contribution in [0, 0.1) is 6.92 Å². The lowest BCUT2D eigenvalue weighted by Crippen LogP contribution is -2.53. The van der Waals surface area contributed by atoms with Crippen LogP contribution in [-0.2, 0) is 5.41 Å². The van der Waals surface area contributed by atoms with E-state index in [4.69, 9.17) is 0 Å². The Bertz CT molecular complexity index is 1070. The van der Waals surface area contributed by atoms with Crippen LogP contribution in [-0.4, -0.2) is 4.57 Å². The zero-order chi connectivity index (χ0) is 22.5. The molecule has 1 aromatic heterocycles. The average molecular weight is 416 g/mol. The molecule has 0 saturated carbocycles. The molecule has 1 aliphatic heterocycles. The summed E-state index contributed by atoms with van der Waals surface area (Å²) >= 11 is 0. The van der Waals surface area contributed by atoms with E-state index in [-0.39, 0.29) is 5.41 Å². The normalized spacial score (nSPS) is 17.2. The van der Waals surface area contributed by atoms with Crippen LogP contribution in [0.2, 0.25) is 0 Å². The van der Waals surface area contributed by atoms with Crippen LogP contribution in [0.25, 0.3) is 17.1 Å². The van der Waals surface area contributed by atoms with Gasteiger partial charge in [0, 0.05) is 16.5 Å². The molecule has 1 atom stereocenters. The Labute approximate surface area is 188 Å². The maximum atomic E-state index is 2.55. The molecule has 0 amide bonds. The zero-order valence-corrected chi connectivity index (χ0v) is 20.7. The number of fused-ring (bicyclic) bond motifs is 3. The third kappa shape index (κ3) is 3.18. The second kappa shape index (κ2) is 7.97. The van der Waals surface area contributed by atoms with Crippen LogP contribution in [0.5, 0.6) is 0 Å². The molecule has 0 saturated heterocycles. The summed E-state index contributed by atoms with van der Waals surface area (Å²) in [5.41, 5.74) is 8.69. The van der Waals surface area contributed by atoms with Crippen molar-refractivity contribution in [3.63, 3.8) is 0 Å². The maximum Gasteiger partial charge on any atom is 0.294 e. The van der Waals surface area contributed by atoms with Gasteiger partial charge in [0.05, 0.1) is 5.56 Å². The van der Waals surface area contributed by atoms with E-state index in [1.54, 1.807) is 0 Å². The predicted octanol–water partition coefficient (Wildman–Crippen LogP) is 7.62. The number of imidazole rings is 1. The Morgan fingerprint density at radius 3 is 2.10 bits per heavy atom. The van der Waals surface area contributed by atoms with E-state index in [9.17, 15) is 0 Å². The van der Waals surface area contributed by atoms with Crippen molar-refractivity contribution in [2.75, 3.05) is 0 Å². The van der Waals surface area contributed by atoms with E-state index in [2.05, 4.69) is 113 Å². The van der Waals surface area contributed by atoms with Crippen molar-refractivity contribution < 1.29 is 4.57 Å². The van der Waals surface area contributed by atoms with Crippen molar-refractivity contribution in [1.82, 2.24) is 4.57 Å². The van der Waals surface area contributed by atoms with E-state index >= 15 is 0 Å². The summed E-state index contributed by atoms with van der Waals surface area (Å²) in [4.78, 5) is 0. The van der Waals surface area contributed by atoms with Crippen LogP contribution in [0.15, 0.2) is 48.8 Å². The summed E-state index contributed by atoms with van der Waals surface area (Å²) in [6.07, 6.45) is 6.94. The lowest BCUT2D eigenvalue weighted by molar-refractivity contribution is -0.720. The highest BCUT2D eigenvalue weighted by Gasteiger charge is 2.47. The van der Waals surface area contributed by atoms with Gasteiger partial charge < -0.3 is 0 Å². The second-order valence-corrected chi connectivity index (χ2v) is 10.1. The van der Waals surface area contributed by atoms with E-state index in [1.807, 2.05) is 0 Å². The van der Waals surface area contributed by atoms with Gasteiger partial charge in [0.1, 0.15) is 24.1 Å². The molecule has 4 rings (SSSR count). The number of nitrogens with zero attached hydrogens (tertiary/aromatic N) is 2. The minimum absolute atomic E-state index is 0.176. The van der Waals surface area contributed by atoms with Gasteiger partial charge in [-0.15, -0.1) is 0 Å². The molecule has 0 aliphatic carbocycles. The largest absolute Gasteiger partial charge is 0.294 e. The molecule has 0 radical (unpaired) electrons. The molecule has 2 aromatic carbocycles. The van der Waals surface area contributed by atoms with E-state index < -0.39 is 0 Å². The molecular weight excluding hydrogens is 376 g/mol. The third-order valence-electron chi connectivity index (χ3n) is 7.83. The number of hydrogen-bond donors (Lipinski definition) is 0. The summed E-state index contributed by atoms with van der Waals surface area (Å²) in [6.45, 7) is 18.6. The monoisotopic (exact) mass is 415 g/mol. The Balaban J connectivity index is 2.08. The first-order valence-electron chi connectivity index (χ1n) is 12.1. The van der Waals surface area contributed by atoms with Gasteiger partial charge in [0.2, 0.25) is 0 Å². The quantitative estimate of drug-likeness (QED) is 0.379. The fourth-order valence-corrected chi connectivity index (χ4v) is 5.99. The molecule has 2 heteroatoms. The smallest absolute Gasteiger partial charge is 0.226 e. The maximum absolute atomic E-state index is 2.55. The zero-order valence-electron chi connectivity index (χ0n) is 20.7. The van der Waals surface area contributed by atoms with Gasteiger partial charge in [-0.2, -0.15) is 4.57 Å². The van der Waals surface area contributed by atoms with Gasteiger partial charge in [-0.05, 0) is 50.2 Å². The third-order valence-corrected chi connectivity index (χ3v) is 7.83. The van der Waals surface area contributed by atoms with Crippen molar-refractivity contribution >= 4 is 0 Å². The molecule has 0 bridgehead atoms. The molecule has 3 aromatic rings. The summed E-state index contributed by atoms with van der Waals surface area (Å²) in [5.74, 6) is 2.27. The fraction of sp³-hybridized carbons (Fsp3) is 0.483. The van der Waals surface area contributed by atoms with Gasteiger partial charge in [-0.25, -0.2) is 4.57 Å². The number of aryl methyl sites for hydroxylation is 1. The standard InChI is InChI=1S/C29H39N2/c1-9-29(10-2)22(8)30-15-16-31(28(30)23-13-11-12-14-26(23)29)27-24(19(3)4)17-21(7)18-25(27)20(5)6/h11-20,22H,9-10H2,1-8H3/q+1. The molecule has 2 heterocycles. The number of hydrogen-bond acceptors (Lipinski definition) is 0. The van der Waals surface area contributed by atoms with E-state index in [0.717, 1.165) is 12.8 Å². The summed E-state index contributed by atoms with van der Waals surface area (Å²) in [7, 11) is 0. The first-order chi connectivity index (χ1) is 14.8. The Morgan fingerprint density at radius 1 is 0.968 bits per heavy atom. The lowest BCUT2D eigenvalue weighted by atomic mass is 9.67. The minimum Gasteiger partial charge on any atom is -0.226 e. The van der Waals surface area contributed by atoms with Gasteiger partial charge >= 0.3 is 0 Å². The SMILES string of the molecule is CCC1(CC)c2ccccc2-c2n(-c3c(C(C)C)cc(C)cc3C(C)C)cc[n+]2C1C. The highest BCUT2D eigenvalue weighted by molar-refractivity contribution is 5.66. The van der Waals surface area contributed by atoms with Gasteiger partial charge in [-0.1, -0.05) is 77.4 Å². The molecule has 1 aliphatic rings. The molecule has 0 spiro atoms. The van der Waals surface area contributed by atoms with Crippen molar-refractivity contribution in [2.24, 2.45) is 0 Å². The molecule has 0 N–H and O–H groups in total. The number of aromatic nitrogens is 2. The van der Waals surface area contributed by atoms with Crippen molar-refractivity contribution in [2.45, 2.75) is 91.5 Å². The lowest BCUT2D eigenvalue weighted by Gasteiger charge is -2.40. The number of benzene rings is 2. The van der Waals surface area contributed by atoms with Crippen molar-refractivity contribution in [3.05, 3.63) is 71.0 Å². The first-order valence-corrected chi connectivity index (χ1v) is 12.1. The average Bonchev–Trinajstić information content (AvgIpc) is 3.19. The van der Waals surface area contributed by atoms with Crippen LogP contribution >= 0.6 is 0 Å². The van der Waals surface area contributed by atoms with Crippen LogP contribution in [0.3, 0.4) is 0 Å². The second-order valence-electron chi connectivity index (χ2n) is 10.1. The Hall–Kier alpha value is -2.35. The topological polar surface area (TPSA) is 8.81 Å². The molecule has 2 nitrogen and oxygen atoms in total. The Kier molecular flexibility index (Phi) is 5.62. The molecule has 0 fully saturated rings. The molecule has 164 valence electrons. The Morgan fingerprint density at radius 2 is 1.55 bits per heavy atom. The summed E-state index contributed by atoms with van der Waals surface area (Å²) in [5, 5.41) is 0. The van der Waals surface area contributed by atoms with Crippen molar-refractivity contribution in [3.8, 4) is 17.1 Å². The minimum atomic E-state index is 0.176. The van der Waals surface area contributed by atoms with Gasteiger partial charge in [0.15, 0.2) is 0 Å². The van der Waals surface area contributed by atoms with Gasteiger partial charge in [-0.3, -0.25) is 0 Å². The van der Waals surface area contributed by atoms with E-state index in [1.165, 1.54) is 39.3 Å². The molecule has 1 unspecified atom stereocenters. The molecular formula is C29H39N2+. The summed E-state index contributed by atoms with van der Waals surface area (Å²) < 4.78 is 5.04.